The van der Waals surface area contributed by atoms with E-state index in [0.717, 1.165) is 10.9 Å². The standard InChI is InChI=1S/C41H73N23O6/c42-24(9-3-15-54-37(44)45)32(66)60-26(11-4-16-55-38(46)47)33(67)61-27(12-5-17-56-39(48)49)34(68)62-28(13-6-18-57-40(50)51)35(69)63-29(14-7-19-58-41(52)53)36(70)64-30(31(43)65)20-22-21-59-25-10-2-1-8-23(22)25/h1-2,8,10,21,24,26-30,59H,3-7,9,11-20,42H2,(H2,43,65)(H,60,66)(H,61,67)(H,62,68)(H,63,69)(H,64,70)(H4,44,45,54)(H4,46,47,55)(H4,48,49,56)(H4,50,51,57)(H4,52,53,58)/t24-,26-,27-,28-,29-,30-/m0/s1. The summed E-state index contributed by atoms with van der Waals surface area (Å²) in [5, 5.41) is 14.2. The summed E-state index contributed by atoms with van der Waals surface area (Å²) in [5.41, 5.74) is 68.2. The van der Waals surface area contributed by atoms with Crippen LogP contribution < -0.4 is 95.4 Å². The summed E-state index contributed by atoms with van der Waals surface area (Å²) in [5.74, 6) is -5.63. The van der Waals surface area contributed by atoms with Gasteiger partial charge in [-0.2, -0.15) is 0 Å². The number of aliphatic imine (C=N–C) groups is 5. The van der Waals surface area contributed by atoms with Crippen LogP contribution in [-0.2, 0) is 35.2 Å². The molecule has 0 fully saturated rings. The molecule has 1 heterocycles. The van der Waals surface area contributed by atoms with Crippen molar-refractivity contribution in [1.29, 1.82) is 0 Å². The molecule has 0 spiro atoms. The highest BCUT2D eigenvalue weighted by molar-refractivity contribution is 5.97. The molecule has 0 bridgehead atoms. The van der Waals surface area contributed by atoms with Crippen LogP contribution >= 0.6 is 0 Å². The van der Waals surface area contributed by atoms with E-state index in [0.29, 0.717) is 12.0 Å². The summed E-state index contributed by atoms with van der Waals surface area (Å²) in [6.45, 7) is 0.505. The summed E-state index contributed by atoms with van der Waals surface area (Å²) < 4.78 is 0. The van der Waals surface area contributed by atoms with Crippen molar-refractivity contribution in [3.8, 4) is 0 Å². The second-order valence-electron chi connectivity index (χ2n) is 16.1. The first-order chi connectivity index (χ1) is 33.2. The molecule has 29 heteroatoms. The van der Waals surface area contributed by atoms with Gasteiger partial charge in [0.15, 0.2) is 29.8 Å². The van der Waals surface area contributed by atoms with E-state index in [4.69, 9.17) is 68.8 Å². The van der Waals surface area contributed by atoms with E-state index in [2.05, 4.69) is 56.5 Å². The smallest absolute Gasteiger partial charge is 0.243 e. The van der Waals surface area contributed by atoms with Crippen molar-refractivity contribution < 1.29 is 28.8 Å². The highest BCUT2D eigenvalue weighted by atomic mass is 16.2. The first-order valence-corrected chi connectivity index (χ1v) is 22.6. The Bertz CT molecular complexity index is 2170. The fourth-order valence-corrected chi connectivity index (χ4v) is 6.85. The van der Waals surface area contributed by atoms with E-state index in [1.807, 2.05) is 24.3 Å². The Balaban J connectivity index is 2.47. The molecule has 0 aliphatic heterocycles. The van der Waals surface area contributed by atoms with Crippen molar-refractivity contribution in [3.63, 3.8) is 0 Å². The quantitative estimate of drug-likeness (QED) is 0.0180. The lowest BCUT2D eigenvalue weighted by molar-refractivity contribution is -0.135. The summed E-state index contributed by atoms with van der Waals surface area (Å²) in [7, 11) is 0. The van der Waals surface area contributed by atoms with Gasteiger partial charge in [0.2, 0.25) is 35.4 Å². The van der Waals surface area contributed by atoms with Gasteiger partial charge in [-0.3, -0.25) is 53.7 Å². The lowest BCUT2D eigenvalue weighted by Crippen LogP contribution is -2.59. The molecule has 29 nitrogen and oxygen atoms in total. The average molecular weight is 984 g/mol. The van der Waals surface area contributed by atoms with Gasteiger partial charge in [0.1, 0.15) is 30.2 Å². The van der Waals surface area contributed by atoms with Crippen molar-refractivity contribution in [3.05, 3.63) is 36.0 Å². The van der Waals surface area contributed by atoms with Gasteiger partial charge >= 0.3 is 0 Å². The minimum Gasteiger partial charge on any atom is -0.370 e. The van der Waals surface area contributed by atoms with Crippen LogP contribution in [0.15, 0.2) is 55.4 Å². The lowest BCUT2D eigenvalue weighted by atomic mass is 10.0. The number of hydrogen-bond acceptors (Lipinski definition) is 12. The number of benzene rings is 1. The number of carbonyl (C=O) groups excluding carboxylic acids is 6. The molecular weight excluding hydrogens is 911 g/mol. The van der Waals surface area contributed by atoms with Crippen LogP contribution in [0.3, 0.4) is 0 Å². The minimum atomic E-state index is -1.36. The Morgan fingerprint density at radius 1 is 0.443 bits per heavy atom. The van der Waals surface area contributed by atoms with Crippen molar-refractivity contribution in [2.24, 2.45) is 93.8 Å². The number of hydrogen-bond donors (Lipinski definition) is 18. The van der Waals surface area contributed by atoms with Crippen molar-refractivity contribution in [2.75, 3.05) is 32.7 Å². The number of aromatic amines is 1. The molecule has 388 valence electrons. The van der Waals surface area contributed by atoms with E-state index < -0.39 is 71.7 Å². The molecule has 6 atom stereocenters. The molecule has 1 aromatic heterocycles. The largest absolute Gasteiger partial charge is 0.370 e. The molecule has 0 aliphatic rings. The first-order valence-electron chi connectivity index (χ1n) is 22.6. The van der Waals surface area contributed by atoms with E-state index in [1.54, 1.807) is 6.20 Å². The van der Waals surface area contributed by atoms with Crippen LogP contribution in [-0.4, -0.2) is 139 Å². The maximum atomic E-state index is 14.3. The van der Waals surface area contributed by atoms with Gasteiger partial charge in [-0.25, -0.2) is 0 Å². The van der Waals surface area contributed by atoms with Crippen LogP contribution in [0.25, 0.3) is 10.9 Å². The third-order valence-corrected chi connectivity index (χ3v) is 10.4. The van der Waals surface area contributed by atoms with Crippen LogP contribution in [0.5, 0.6) is 0 Å². The average Bonchev–Trinajstić information content (AvgIpc) is 3.70. The van der Waals surface area contributed by atoms with Crippen LogP contribution in [0.1, 0.15) is 69.8 Å². The molecule has 0 saturated heterocycles. The SMILES string of the molecule is NC(=O)[C@H](Cc1c[nH]c2ccccc12)NC(=O)[C@H](CCCN=C(N)N)NC(=O)[C@H](CCCN=C(N)N)NC(=O)[C@H](CCCN=C(N)N)NC(=O)[C@H](CCCN=C(N)N)NC(=O)[C@@H](N)CCCN=C(N)N. The molecule has 0 saturated carbocycles. The molecule has 0 aliphatic carbocycles. The van der Waals surface area contributed by atoms with Crippen LogP contribution in [0.2, 0.25) is 0 Å². The number of carbonyl (C=O) groups is 6. The van der Waals surface area contributed by atoms with Gasteiger partial charge in [-0.1, -0.05) is 18.2 Å². The number of aromatic nitrogens is 1. The third-order valence-electron chi connectivity index (χ3n) is 10.4. The number of para-hydroxylation sites is 1. The number of guanidine groups is 5. The molecule has 0 unspecified atom stereocenters. The molecule has 70 heavy (non-hydrogen) atoms. The Morgan fingerprint density at radius 2 is 0.757 bits per heavy atom. The Kier molecular flexibility index (Phi) is 25.7. The summed E-state index contributed by atoms with van der Waals surface area (Å²) in [6, 6.07) is -0.153. The second-order valence-corrected chi connectivity index (χ2v) is 16.1. The van der Waals surface area contributed by atoms with Gasteiger partial charge in [0.05, 0.1) is 6.04 Å². The van der Waals surface area contributed by atoms with Crippen LogP contribution in [0.4, 0.5) is 0 Å². The second kappa shape index (κ2) is 31.0. The van der Waals surface area contributed by atoms with Crippen molar-refractivity contribution in [1.82, 2.24) is 31.6 Å². The van der Waals surface area contributed by atoms with Crippen LogP contribution in [0, 0.1) is 0 Å². The monoisotopic (exact) mass is 984 g/mol. The number of nitrogens with two attached hydrogens (primary N) is 12. The zero-order valence-corrected chi connectivity index (χ0v) is 39.3. The number of rotatable bonds is 33. The number of nitrogens with zero attached hydrogens (tertiary/aromatic N) is 5. The summed E-state index contributed by atoms with van der Waals surface area (Å²) >= 11 is 0. The van der Waals surface area contributed by atoms with E-state index in [-0.39, 0.29) is 127 Å². The van der Waals surface area contributed by atoms with Crippen molar-refractivity contribution >= 4 is 76.1 Å². The predicted octanol–water partition coefficient (Wildman–Crippen LogP) is -6.78. The maximum absolute atomic E-state index is 14.3. The van der Waals surface area contributed by atoms with Gasteiger partial charge in [0, 0.05) is 56.2 Å². The Morgan fingerprint density at radius 3 is 1.10 bits per heavy atom. The number of amides is 6. The Hall–Kier alpha value is -8.11. The van der Waals surface area contributed by atoms with E-state index in [9.17, 15) is 28.8 Å². The molecule has 0 radical (unpaired) electrons. The van der Waals surface area contributed by atoms with E-state index in [1.165, 1.54) is 0 Å². The van der Waals surface area contributed by atoms with Gasteiger partial charge in [-0.15, -0.1) is 0 Å². The lowest BCUT2D eigenvalue weighted by Gasteiger charge is -2.27. The van der Waals surface area contributed by atoms with E-state index >= 15 is 0 Å². The summed E-state index contributed by atoms with van der Waals surface area (Å²) in [4.78, 5) is 105. The highest BCUT2D eigenvalue weighted by Gasteiger charge is 2.33. The zero-order valence-electron chi connectivity index (χ0n) is 39.3. The molecule has 30 N–H and O–H groups in total. The first kappa shape index (κ1) is 58.0. The normalized spacial score (nSPS) is 13.3. The molecular formula is C41H73N23O6. The zero-order chi connectivity index (χ0) is 52.2. The van der Waals surface area contributed by atoms with Gasteiger partial charge < -0.3 is 100 Å². The number of fused-ring (bicyclic) bond motifs is 1. The number of nitrogens with one attached hydrogen (secondary N) is 6. The molecule has 1 aromatic carbocycles. The third kappa shape index (κ3) is 23.1. The molecule has 6 amide bonds. The van der Waals surface area contributed by atoms with Gasteiger partial charge in [-0.05, 0) is 75.8 Å². The number of primary amides is 1. The topological polar surface area (TPSA) is 552 Å². The number of H-pyrrole nitrogens is 1. The van der Waals surface area contributed by atoms with Crippen molar-refractivity contribution in [2.45, 2.75) is 107 Å². The Labute approximate surface area is 405 Å². The molecule has 2 rings (SSSR count). The molecule has 2 aromatic rings. The van der Waals surface area contributed by atoms with Gasteiger partial charge in [0.25, 0.3) is 0 Å². The predicted molar refractivity (Wildman–Crippen MR) is 268 cm³/mol. The fourth-order valence-electron chi connectivity index (χ4n) is 6.85. The minimum absolute atomic E-state index is 0.0122. The maximum Gasteiger partial charge on any atom is 0.243 e. The summed E-state index contributed by atoms with van der Waals surface area (Å²) in [6.07, 6.45) is 2.84. The highest BCUT2D eigenvalue weighted by Crippen LogP contribution is 2.19. The fraction of sp³-hybridized carbons (Fsp3) is 0.537.